The first-order valence-electron chi connectivity index (χ1n) is 7.53. The lowest BCUT2D eigenvalue weighted by Gasteiger charge is -2.13. The molecule has 0 aromatic carbocycles. The molecule has 134 valence electrons. The van der Waals surface area contributed by atoms with Crippen LogP contribution in [-0.4, -0.2) is 39.5 Å². The van der Waals surface area contributed by atoms with Crippen LogP contribution in [0.1, 0.15) is 19.5 Å². The maximum absolute atomic E-state index is 12.1. The van der Waals surface area contributed by atoms with Crippen LogP contribution in [0.2, 0.25) is 5.02 Å². The maximum Gasteiger partial charge on any atom is 0.351 e. The molecule has 2 aromatic heterocycles. The second-order valence-electron chi connectivity index (χ2n) is 4.98. The van der Waals surface area contributed by atoms with E-state index in [4.69, 9.17) is 21.1 Å². The van der Waals surface area contributed by atoms with Gasteiger partial charge in [-0.1, -0.05) is 11.6 Å². The highest BCUT2D eigenvalue weighted by Gasteiger charge is 2.34. The zero-order chi connectivity index (χ0) is 18.6. The predicted molar refractivity (Wildman–Crippen MR) is 87.3 cm³/mol. The van der Waals surface area contributed by atoms with Crippen LogP contribution in [0.25, 0.3) is 5.65 Å². The molecular weight excluding hydrogens is 354 g/mol. The first-order chi connectivity index (χ1) is 11.9. The summed E-state index contributed by atoms with van der Waals surface area (Å²) in [5.74, 6) is -3.33. The maximum atomic E-state index is 12.1. The third kappa shape index (κ3) is 4.05. The number of ether oxygens (including phenoxy) is 2. The molecule has 0 unspecified atom stereocenters. The summed E-state index contributed by atoms with van der Waals surface area (Å²) >= 11 is 5.87. The van der Waals surface area contributed by atoms with Crippen LogP contribution in [0.3, 0.4) is 0 Å². The average Bonchev–Trinajstić information content (AvgIpc) is 2.90. The Morgan fingerprint density at radius 3 is 2.40 bits per heavy atom. The van der Waals surface area contributed by atoms with Crippen LogP contribution in [0.15, 0.2) is 18.3 Å². The second-order valence-corrected chi connectivity index (χ2v) is 5.41. The first kappa shape index (κ1) is 18.7. The molecular formula is C15H16ClN3O6. The van der Waals surface area contributed by atoms with Gasteiger partial charge in [0, 0.05) is 12.5 Å². The molecule has 2 aromatic rings. The van der Waals surface area contributed by atoms with Gasteiger partial charge in [-0.05, 0) is 24.8 Å². The molecule has 10 heteroatoms. The van der Waals surface area contributed by atoms with E-state index >= 15 is 0 Å². The number of esters is 2. The van der Waals surface area contributed by atoms with E-state index in [-0.39, 0.29) is 41.8 Å². The number of halogens is 1. The van der Waals surface area contributed by atoms with E-state index in [1.807, 2.05) is 0 Å². The molecule has 0 amide bonds. The minimum absolute atomic E-state index is 0.0293. The Bertz CT molecular complexity index is 801. The van der Waals surface area contributed by atoms with Crippen LogP contribution < -0.4 is 0 Å². The van der Waals surface area contributed by atoms with Crippen molar-refractivity contribution < 1.29 is 24.0 Å². The van der Waals surface area contributed by atoms with E-state index in [9.17, 15) is 19.7 Å². The summed E-state index contributed by atoms with van der Waals surface area (Å²) in [6, 6.07) is 3.04. The van der Waals surface area contributed by atoms with Gasteiger partial charge in [0.15, 0.2) is 5.92 Å². The van der Waals surface area contributed by atoms with Crippen molar-refractivity contribution in [3.63, 3.8) is 0 Å². The summed E-state index contributed by atoms with van der Waals surface area (Å²) in [4.78, 5) is 39.1. The summed E-state index contributed by atoms with van der Waals surface area (Å²) in [5, 5.41) is 11.7. The van der Waals surface area contributed by atoms with Crippen LogP contribution in [0.5, 0.6) is 0 Å². The van der Waals surface area contributed by atoms with Gasteiger partial charge in [-0.25, -0.2) is 4.98 Å². The van der Waals surface area contributed by atoms with Gasteiger partial charge in [-0.2, -0.15) is 4.40 Å². The van der Waals surface area contributed by atoms with E-state index in [0.717, 1.165) is 0 Å². The number of hydrogen-bond donors (Lipinski definition) is 0. The molecule has 9 nitrogen and oxygen atoms in total. The molecule has 0 saturated carbocycles. The summed E-state index contributed by atoms with van der Waals surface area (Å²) in [5.41, 5.74) is 0.246. The smallest absolute Gasteiger partial charge is 0.351 e. The van der Waals surface area contributed by atoms with E-state index in [0.29, 0.717) is 0 Å². The number of aromatic nitrogens is 2. The normalized spacial score (nSPS) is 10.9. The lowest BCUT2D eigenvalue weighted by Crippen LogP contribution is -2.30. The van der Waals surface area contributed by atoms with Crippen molar-refractivity contribution in [2.75, 3.05) is 13.2 Å². The van der Waals surface area contributed by atoms with Gasteiger partial charge in [0.1, 0.15) is 11.9 Å². The van der Waals surface area contributed by atoms with E-state index in [1.54, 1.807) is 13.8 Å². The van der Waals surface area contributed by atoms with Crippen molar-refractivity contribution in [2.45, 2.75) is 20.3 Å². The number of nitrogens with zero attached hydrogens (tertiary/aromatic N) is 3. The molecule has 0 bridgehead atoms. The summed E-state index contributed by atoms with van der Waals surface area (Å²) in [6.07, 6.45) is 1.03. The minimum Gasteiger partial charge on any atom is -0.465 e. The minimum atomic E-state index is -1.33. The summed E-state index contributed by atoms with van der Waals surface area (Å²) in [7, 11) is 0. The van der Waals surface area contributed by atoms with E-state index in [1.165, 1.54) is 22.7 Å². The quantitative estimate of drug-likeness (QED) is 0.318. The molecule has 2 rings (SSSR count). The third-order valence-corrected chi connectivity index (χ3v) is 3.56. The van der Waals surface area contributed by atoms with Gasteiger partial charge in [0.2, 0.25) is 5.65 Å². The predicted octanol–water partition coefficient (Wildman–Crippen LogP) is 2.18. The molecule has 0 aliphatic rings. The summed E-state index contributed by atoms with van der Waals surface area (Å²) in [6.45, 7) is 3.32. The van der Waals surface area contributed by atoms with E-state index < -0.39 is 22.8 Å². The standard InChI is InChI=1S/C15H16ClN3O6/c1-3-24-14(20)10(15(21)25-4-2)7-11-13(19(22)23)18-8-9(16)5-6-12(18)17-11/h5-6,8,10H,3-4,7H2,1-2H3. The zero-order valence-electron chi connectivity index (χ0n) is 13.6. The number of rotatable bonds is 7. The van der Waals surface area contributed by atoms with Gasteiger partial charge in [-0.15, -0.1) is 0 Å². The fourth-order valence-electron chi connectivity index (χ4n) is 2.33. The van der Waals surface area contributed by atoms with Gasteiger partial charge in [-0.3, -0.25) is 9.59 Å². The molecule has 0 aliphatic heterocycles. The Hall–Kier alpha value is -2.68. The Balaban J connectivity index is 2.47. The lowest BCUT2D eigenvalue weighted by molar-refractivity contribution is -0.391. The fraction of sp³-hybridized carbons (Fsp3) is 0.400. The summed E-state index contributed by atoms with van der Waals surface area (Å²) < 4.78 is 10.9. The molecule has 0 atom stereocenters. The number of hydrogen-bond acceptors (Lipinski definition) is 7. The number of imidazole rings is 1. The number of carbonyl (C=O) groups is 2. The molecule has 0 radical (unpaired) electrons. The van der Waals surface area contributed by atoms with Gasteiger partial charge >= 0.3 is 17.8 Å². The molecule has 0 saturated heterocycles. The highest BCUT2D eigenvalue weighted by Crippen LogP contribution is 2.26. The Morgan fingerprint density at radius 2 is 1.88 bits per heavy atom. The monoisotopic (exact) mass is 369 g/mol. The van der Waals surface area contributed by atoms with Crippen molar-refractivity contribution in [3.8, 4) is 0 Å². The first-order valence-corrected chi connectivity index (χ1v) is 7.90. The number of fused-ring (bicyclic) bond motifs is 1. The number of carbonyl (C=O) groups excluding carboxylic acids is 2. The van der Waals surface area contributed by atoms with Gasteiger partial charge in [0.05, 0.1) is 18.2 Å². The third-order valence-electron chi connectivity index (χ3n) is 3.34. The molecule has 0 spiro atoms. The van der Waals surface area contributed by atoms with E-state index in [2.05, 4.69) is 4.98 Å². The highest BCUT2D eigenvalue weighted by molar-refractivity contribution is 6.30. The molecule has 0 aliphatic carbocycles. The molecule has 2 heterocycles. The van der Waals surface area contributed by atoms with Crippen molar-refractivity contribution in [2.24, 2.45) is 5.92 Å². The van der Waals surface area contributed by atoms with Crippen molar-refractivity contribution >= 4 is 35.0 Å². The lowest BCUT2D eigenvalue weighted by atomic mass is 10.0. The second kappa shape index (κ2) is 7.93. The average molecular weight is 370 g/mol. The van der Waals surface area contributed by atoms with Crippen LogP contribution in [0.4, 0.5) is 5.82 Å². The fourth-order valence-corrected chi connectivity index (χ4v) is 2.49. The van der Waals surface area contributed by atoms with Crippen molar-refractivity contribution in [1.29, 1.82) is 0 Å². The molecule has 25 heavy (non-hydrogen) atoms. The van der Waals surface area contributed by atoms with Crippen LogP contribution >= 0.6 is 11.6 Å². The number of pyridine rings is 1. The van der Waals surface area contributed by atoms with Crippen molar-refractivity contribution in [3.05, 3.63) is 39.2 Å². The van der Waals surface area contributed by atoms with Gasteiger partial charge < -0.3 is 19.6 Å². The topological polar surface area (TPSA) is 113 Å². The Morgan fingerprint density at radius 1 is 1.28 bits per heavy atom. The molecule has 0 fully saturated rings. The number of nitro groups is 1. The SMILES string of the molecule is CCOC(=O)C(Cc1nc2ccc(Cl)cn2c1[N+](=O)[O-])C(=O)OCC. The zero-order valence-corrected chi connectivity index (χ0v) is 14.4. The highest BCUT2D eigenvalue weighted by atomic mass is 35.5. The van der Waals surface area contributed by atoms with Crippen molar-refractivity contribution in [1.82, 2.24) is 9.38 Å². The largest absolute Gasteiger partial charge is 0.465 e. The Labute approximate surface area is 147 Å². The van der Waals surface area contributed by atoms with Crippen LogP contribution in [0, 0.1) is 16.0 Å². The Kier molecular flexibility index (Phi) is 5.92. The molecule has 0 N–H and O–H groups in total. The van der Waals surface area contributed by atoms with Gasteiger partial charge in [0.25, 0.3) is 0 Å². The van der Waals surface area contributed by atoms with Crippen LogP contribution in [-0.2, 0) is 25.5 Å².